The number of rotatable bonds is 7. The number of hydrogen-bond acceptors (Lipinski definition) is 0. The van der Waals surface area contributed by atoms with Crippen molar-refractivity contribution in [1.29, 1.82) is 0 Å². The largest absolute Gasteiger partial charge is 0.204 e. The van der Waals surface area contributed by atoms with Gasteiger partial charge in [0.1, 0.15) is 0 Å². The third-order valence-electron chi connectivity index (χ3n) is 7.34. The first-order chi connectivity index (χ1) is 13.1. The molecule has 0 aromatic heterocycles. The highest BCUT2D eigenvalue weighted by atomic mass is 28.3. The summed E-state index contributed by atoms with van der Waals surface area (Å²) >= 11 is 0. The average Bonchev–Trinajstić information content (AvgIpc) is 2.70. The lowest BCUT2D eigenvalue weighted by Gasteiger charge is -2.29. The smallest absolute Gasteiger partial charge is 0.194 e. The summed E-state index contributed by atoms with van der Waals surface area (Å²) in [5.41, 5.74) is 0.635. The van der Waals surface area contributed by atoms with E-state index in [1.54, 1.807) is 12.1 Å². The van der Waals surface area contributed by atoms with Crippen LogP contribution in [0.3, 0.4) is 0 Å². The Labute approximate surface area is 164 Å². The molecule has 1 saturated heterocycles. The predicted octanol–water partition coefficient (Wildman–Crippen LogP) is 7.60. The van der Waals surface area contributed by atoms with Crippen molar-refractivity contribution in [2.45, 2.75) is 95.2 Å². The Balaban J connectivity index is 1.33. The van der Waals surface area contributed by atoms with Gasteiger partial charge in [0.15, 0.2) is 17.5 Å². The van der Waals surface area contributed by atoms with Gasteiger partial charge in [-0.1, -0.05) is 63.6 Å². The van der Waals surface area contributed by atoms with Gasteiger partial charge in [0.25, 0.3) is 0 Å². The zero-order chi connectivity index (χ0) is 19.2. The van der Waals surface area contributed by atoms with Crippen LogP contribution in [0, 0.1) is 29.3 Å². The number of halogens is 3. The molecule has 1 aliphatic heterocycles. The highest BCUT2D eigenvalue weighted by Crippen LogP contribution is 2.39. The molecule has 2 fully saturated rings. The summed E-state index contributed by atoms with van der Waals surface area (Å²) in [6, 6.07) is 7.04. The monoisotopic (exact) mass is 396 g/mol. The van der Waals surface area contributed by atoms with Gasteiger partial charge >= 0.3 is 0 Å². The Morgan fingerprint density at radius 1 is 0.815 bits per heavy atom. The van der Waals surface area contributed by atoms with Crippen LogP contribution in [0.5, 0.6) is 0 Å². The summed E-state index contributed by atoms with van der Waals surface area (Å²) in [5.74, 6) is -1.51. The van der Waals surface area contributed by atoms with Crippen molar-refractivity contribution in [1.82, 2.24) is 0 Å². The normalized spacial score (nSPS) is 29.0. The van der Waals surface area contributed by atoms with E-state index in [0.717, 1.165) is 37.5 Å². The molecule has 0 radical (unpaired) electrons. The van der Waals surface area contributed by atoms with E-state index in [2.05, 4.69) is 6.92 Å². The van der Waals surface area contributed by atoms with E-state index in [0.29, 0.717) is 5.56 Å². The molecule has 4 heteroatoms. The molecule has 1 aromatic carbocycles. The van der Waals surface area contributed by atoms with Crippen LogP contribution in [0.4, 0.5) is 13.2 Å². The van der Waals surface area contributed by atoms with Gasteiger partial charge in [-0.2, -0.15) is 0 Å². The Kier molecular flexibility index (Phi) is 7.86. The van der Waals surface area contributed by atoms with Crippen molar-refractivity contribution in [2.75, 3.05) is 0 Å². The number of hydrogen-bond donors (Lipinski definition) is 0. The SMILES string of the molecule is CC[SiH]1CCC(CCCCC2CCC(c3cc(F)c(F)c(F)c3)CC2)CC1. The van der Waals surface area contributed by atoms with Crippen molar-refractivity contribution in [2.24, 2.45) is 11.8 Å². The van der Waals surface area contributed by atoms with Gasteiger partial charge in [0, 0.05) is 8.80 Å². The van der Waals surface area contributed by atoms with E-state index >= 15 is 0 Å². The first-order valence-corrected chi connectivity index (χ1v) is 13.7. The van der Waals surface area contributed by atoms with Crippen molar-refractivity contribution in [3.63, 3.8) is 0 Å². The number of unbranched alkanes of at least 4 members (excludes halogenated alkanes) is 1. The highest BCUT2D eigenvalue weighted by Gasteiger charge is 2.25. The molecule has 0 spiro atoms. The molecular weight excluding hydrogens is 361 g/mol. The fraction of sp³-hybridized carbons (Fsp3) is 0.739. The summed E-state index contributed by atoms with van der Waals surface area (Å²) in [6.07, 6.45) is 12.7. The van der Waals surface area contributed by atoms with Gasteiger partial charge in [0.2, 0.25) is 0 Å². The first kappa shape index (κ1) is 20.9. The molecule has 0 nitrogen and oxygen atoms in total. The van der Waals surface area contributed by atoms with Gasteiger partial charge in [-0.15, -0.1) is 0 Å². The topological polar surface area (TPSA) is 0 Å². The maximum Gasteiger partial charge on any atom is 0.194 e. The maximum atomic E-state index is 13.5. The van der Waals surface area contributed by atoms with E-state index in [9.17, 15) is 13.2 Å². The predicted molar refractivity (Wildman–Crippen MR) is 109 cm³/mol. The van der Waals surface area contributed by atoms with Crippen LogP contribution >= 0.6 is 0 Å². The molecule has 0 unspecified atom stereocenters. The quantitative estimate of drug-likeness (QED) is 0.253. The second-order valence-corrected chi connectivity index (χ2v) is 12.8. The second-order valence-electron chi connectivity index (χ2n) is 9.10. The zero-order valence-electron chi connectivity index (χ0n) is 16.8. The van der Waals surface area contributed by atoms with E-state index in [1.165, 1.54) is 56.7 Å². The highest BCUT2D eigenvalue weighted by molar-refractivity contribution is 6.58. The molecule has 27 heavy (non-hydrogen) atoms. The van der Waals surface area contributed by atoms with Gasteiger partial charge < -0.3 is 0 Å². The van der Waals surface area contributed by atoms with Crippen LogP contribution < -0.4 is 0 Å². The molecule has 1 aliphatic carbocycles. The summed E-state index contributed by atoms with van der Waals surface area (Å²) in [4.78, 5) is 0. The Morgan fingerprint density at radius 2 is 1.33 bits per heavy atom. The van der Waals surface area contributed by atoms with Crippen LogP contribution in [0.2, 0.25) is 18.1 Å². The van der Waals surface area contributed by atoms with Crippen molar-refractivity contribution in [3.8, 4) is 0 Å². The van der Waals surface area contributed by atoms with Gasteiger partial charge in [-0.3, -0.25) is 0 Å². The average molecular weight is 397 g/mol. The molecule has 0 atom stereocenters. The van der Waals surface area contributed by atoms with Crippen molar-refractivity contribution in [3.05, 3.63) is 35.1 Å². The van der Waals surface area contributed by atoms with Gasteiger partial charge in [0.05, 0.1) is 0 Å². The molecule has 1 heterocycles. The van der Waals surface area contributed by atoms with E-state index in [4.69, 9.17) is 0 Å². The molecule has 3 rings (SSSR count). The van der Waals surface area contributed by atoms with Gasteiger partial charge in [-0.25, -0.2) is 13.2 Å². The second kappa shape index (κ2) is 10.1. The number of benzene rings is 1. The summed E-state index contributed by atoms with van der Waals surface area (Å²) in [7, 11) is -0.317. The lowest BCUT2D eigenvalue weighted by atomic mass is 9.77. The van der Waals surface area contributed by atoms with Crippen LogP contribution in [-0.4, -0.2) is 8.80 Å². The lowest BCUT2D eigenvalue weighted by Crippen LogP contribution is -2.20. The minimum atomic E-state index is -1.35. The molecule has 1 saturated carbocycles. The minimum absolute atomic E-state index is 0.184. The lowest BCUT2D eigenvalue weighted by molar-refractivity contribution is 0.296. The molecule has 0 amide bonds. The third-order valence-corrected chi connectivity index (χ3v) is 10.8. The fourth-order valence-electron chi connectivity index (χ4n) is 5.39. The van der Waals surface area contributed by atoms with E-state index in [1.807, 2.05) is 0 Å². The molecule has 2 aliphatic rings. The molecule has 0 bridgehead atoms. The van der Waals surface area contributed by atoms with Crippen molar-refractivity contribution >= 4 is 8.80 Å². The van der Waals surface area contributed by atoms with Crippen LogP contribution in [0.25, 0.3) is 0 Å². The Hall–Kier alpha value is -0.773. The van der Waals surface area contributed by atoms with Gasteiger partial charge in [-0.05, 0) is 61.1 Å². The Morgan fingerprint density at radius 3 is 1.85 bits per heavy atom. The first-order valence-electron chi connectivity index (χ1n) is 11.2. The van der Waals surface area contributed by atoms with E-state index in [-0.39, 0.29) is 14.7 Å². The summed E-state index contributed by atoms with van der Waals surface area (Å²) in [5, 5.41) is 0. The molecule has 0 N–H and O–H groups in total. The molecular formula is C23H35F3Si. The standard InChI is InChI=1S/C23H35F3Si/c1-2-27-13-11-18(12-14-27)6-4-3-5-17-7-9-19(10-8-17)20-15-21(24)23(26)22(25)16-20/h15-19,27H,2-14H2,1H3. The van der Waals surface area contributed by atoms with E-state index < -0.39 is 17.5 Å². The summed E-state index contributed by atoms with van der Waals surface area (Å²) in [6.45, 7) is 2.38. The minimum Gasteiger partial charge on any atom is -0.204 e. The van der Waals surface area contributed by atoms with Crippen LogP contribution in [0.1, 0.15) is 82.6 Å². The summed E-state index contributed by atoms with van der Waals surface area (Å²) < 4.78 is 40.1. The molecule has 1 aromatic rings. The van der Waals surface area contributed by atoms with Crippen LogP contribution in [0.15, 0.2) is 12.1 Å². The zero-order valence-corrected chi connectivity index (χ0v) is 17.9. The third kappa shape index (κ3) is 5.85. The molecule has 152 valence electrons. The Bertz CT molecular complexity index is 564. The fourth-order valence-corrected chi connectivity index (χ4v) is 8.38. The van der Waals surface area contributed by atoms with Crippen LogP contribution in [-0.2, 0) is 0 Å². The maximum absolute atomic E-state index is 13.5. The van der Waals surface area contributed by atoms with Crippen molar-refractivity contribution < 1.29 is 13.2 Å².